The third kappa shape index (κ3) is 15.8. The molecule has 0 radical (unpaired) electrons. The van der Waals surface area contributed by atoms with Crippen molar-refractivity contribution in [1.82, 2.24) is 5.32 Å². The number of hydrogen-bond donors (Lipinski definition) is 2. The first-order valence-corrected chi connectivity index (χ1v) is 9.68. The van der Waals surface area contributed by atoms with E-state index < -0.39 is 5.97 Å². The Labute approximate surface area is 148 Å². The fourth-order valence-electron chi connectivity index (χ4n) is 2.86. The van der Waals surface area contributed by atoms with Crippen LogP contribution < -0.4 is 5.32 Å². The molecule has 0 saturated heterocycles. The minimum Gasteiger partial charge on any atom is -0.477 e. The largest absolute Gasteiger partial charge is 0.477 e. The molecule has 24 heavy (non-hydrogen) atoms. The van der Waals surface area contributed by atoms with Crippen LogP contribution >= 0.6 is 0 Å². The Kier molecular flexibility index (Phi) is 13.6. The van der Waals surface area contributed by atoms with Crippen molar-refractivity contribution in [3.8, 4) is 0 Å². The second kappa shape index (κ2) is 14.3. The number of nitrogens with one attached hydrogen (secondary N) is 1. The average Bonchev–Trinajstić information content (AvgIpc) is 2.48. The Bertz CT molecular complexity index is 344. The molecule has 1 amide bonds. The first-order chi connectivity index (χ1) is 11.4. The van der Waals surface area contributed by atoms with Gasteiger partial charge in [-0.1, -0.05) is 58.3 Å². The molecule has 0 aliphatic rings. The van der Waals surface area contributed by atoms with E-state index in [2.05, 4.69) is 12.2 Å². The average molecular weight is 344 g/mol. The number of hydrogen-bond acceptors (Lipinski definition) is 2. The first-order valence-electron chi connectivity index (χ1n) is 9.68. The quantitative estimate of drug-likeness (QED) is 0.332. The van der Waals surface area contributed by atoms with E-state index in [4.69, 9.17) is 5.11 Å². The molecule has 0 rings (SSSR count). The smallest absolute Gasteiger partial charge is 0.359 e. The summed E-state index contributed by atoms with van der Waals surface area (Å²) in [6, 6.07) is 0. The van der Waals surface area contributed by atoms with Crippen LogP contribution in [0.3, 0.4) is 0 Å². The van der Waals surface area contributed by atoms with Crippen LogP contribution in [0.5, 0.6) is 0 Å². The third-order valence-corrected chi connectivity index (χ3v) is 4.33. The van der Waals surface area contributed by atoms with Gasteiger partial charge in [0.05, 0.1) is 20.6 Å². The van der Waals surface area contributed by atoms with Crippen molar-refractivity contribution in [2.45, 2.75) is 77.6 Å². The fraction of sp³-hybridized carbons (Fsp3) is 0.895. The summed E-state index contributed by atoms with van der Waals surface area (Å²) >= 11 is 0. The highest BCUT2D eigenvalue weighted by atomic mass is 16.4. The lowest BCUT2D eigenvalue weighted by atomic mass is 10.1. The number of carbonyl (C=O) groups is 2. The maximum atomic E-state index is 11.7. The van der Waals surface area contributed by atoms with Gasteiger partial charge in [-0.25, -0.2) is 4.79 Å². The molecular weight excluding hydrogens is 304 g/mol. The van der Waals surface area contributed by atoms with Gasteiger partial charge >= 0.3 is 5.97 Å². The zero-order valence-corrected chi connectivity index (χ0v) is 16.1. The summed E-state index contributed by atoms with van der Waals surface area (Å²) in [5, 5.41) is 11.8. The van der Waals surface area contributed by atoms with Gasteiger partial charge in [-0.05, 0) is 6.42 Å². The Morgan fingerprint density at radius 1 is 0.875 bits per heavy atom. The van der Waals surface area contributed by atoms with Crippen LogP contribution in [0.4, 0.5) is 0 Å². The van der Waals surface area contributed by atoms with Crippen molar-refractivity contribution in [2.75, 3.05) is 33.7 Å². The van der Waals surface area contributed by atoms with Gasteiger partial charge < -0.3 is 14.9 Å². The molecule has 0 saturated carbocycles. The third-order valence-electron chi connectivity index (χ3n) is 4.33. The molecule has 0 aliphatic heterocycles. The molecule has 0 aromatic heterocycles. The lowest BCUT2D eigenvalue weighted by Gasteiger charge is -2.27. The van der Waals surface area contributed by atoms with Gasteiger partial charge in [-0.2, -0.15) is 0 Å². The molecule has 0 aromatic carbocycles. The molecule has 5 heteroatoms. The maximum absolute atomic E-state index is 11.7. The summed E-state index contributed by atoms with van der Waals surface area (Å²) in [4.78, 5) is 22.5. The Hall–Kier alpha value is -1.10. The van der Waals surface area contributed by atoms with E-state index in [-0.39, 0.29) is 12.5 Å². The molecule has 0 aromatic rings. The highest BCUT2D eigenvalue weighted by molar-refractivity contribution is 5.75. The summed E-state index contributed by atoms with van der Waals surface area (Å²) in [5.41, 5.74) is 0. The molecule has 142 valence electrons. The lowest BCUT2D eigenvalue weighted by Crippen LogP contribution is -2.45. The van der Waals surface area contributed by atoms with Gasteiger partial charge in [0, 0.05) is 19.4 Å². The lowest BCUT2D eigenvalue weighted by molar-refractivity contribution is -0.883. The van der Waals surface area contributed by atoms with Gasteiger partial charge in [0.15, 0.2) is 6.54 Å². The highest BCUT2D eigenvalue weighted by Crippen LogP contribution is 2.10. The molecule has 2 N–H and O–H groups in total. The molecule has 0 unspecified atom stereocenters. The maximum Gasteiger partial charge on any atom is 0.359 e. The Morgan fingerprint density at radius 2 is 1.42 bits per heavy atom. The fourth-order valence-corrected chi connectivity index (χ4v) is 2.86. The van der Waals surface area contributed by atoms with E-state index in [1.54, 1.807) is 0 Å². The van der Waals surface area contributed by atoms with E-state index >= 15 is 0 Å². The second-order valence-corrected chi connectivity index (χ2v) is 7.49. The Balaban J connectivity index is 3.43. The van der Waals surface area contributed by atoms with Crippen molar-refractivity contribution in [1.29, 1.82) is 0 Å². The monoisotopic (exact) mass is 343 g/mol. The highest BCUT2D eigenvalue weighted by Gasteiger charge is 2.18. The van der Waals surface area contributed by atoms with E-state index in [1.807, 2.05) is 14.1 Å². The van der Waals surface area contributed by atoms with Crippen LogP contribution in [0.1, 0.15) is 77.6 Å². The number of quaternary nitrogens is 1. The zero-order chi connectivity index (χ0) is 18.3. The van der Waals surface area contributed by atoms with Gasteiger partial charge in [-0.15, -0.1) is 0 Å². The van der Waals surface area contributed by atoms with Crippen LogP contribution in [0.2, 0.25) is 0 Å². The molecule has 0 fully saturated rings. The number of aliphatic carboxylic acids is 1. The number of carbonyl (C=O) groups excluding carboxylic acids is 1. The summed E-state index contributed by atoms with van der Waals surface area (Å²) in [7, 11) is 3.80. The SMILES string of the molecule is CCCCCCCCCCCC(=O)NCCC[N+](C)(C)CC(=O)O. The summed E-state index contributed by atoms with van der Waals surface area (Å²) < 4.78 is 0.448. The summed E-state index contributed by atoms with van der Waals surface area (Å²) in [5.74, 6) is -0.657. The van der Waals surface area contributed by atoms with E-state index in [0.29, 0.717) is 17.4 Å². The molecular formula is C19H39N2O3+. The van der Waals surface area contributed by atoms with Crippen molar-refractivity contribution < 1.29 is 19.2 Å². The molecule has 0 heterocycles. The van der Waals surface area contributed by atoms with Crippen molar-refractivity contribution in [3.63, 3.8) is 0 Å². The topological polar surface area (TPSA) is 66.4 Å². The van der Waals surface area contributed by atoms with Crippen LogP contribution in [-0.4, -0.2) is 55.2 Å². The number of likely N-dealkylation sites (N-methyl/N-ethyl adjacent to an activating group) is 1. The molecule has 0 atom stereocenters. The summed E-state index contributed by atoms with van der Waals surface area (Å²) in [6.07, 6.45) is 12.8. The van der Waals surface area contributed by atoms with Crippen LogP contribution in [0.15, 0.2) is 0 Å². The standard InChI is InChI=1S/C19H38N2O3/c1-4-5-6-7-8-9-10-11-12-14-18(22)20-15-13-16-21(2,3)17-19(23)24/h4-17H2,1-3H3,(H-,20,22,23,24)/p+1. The van der Waals surface area contributed by atoms with E-state index in [1.165, 1.54) is 44.9 Å². The van der Waals surface area contributed by atoms with Crippen LogP contribution in [0, 0.1) is 0 Å². The molecule has 0 aliphatic carbocycles. The van der Waals surface area contributed by atoms with Crippen molar-refractivity contribution in [3.05, 3.63) is 0 Å². The second-order valence-electron chi connectivity index (χ2n) is 7.49. The van der Waals surface area contributed by atoms with E-state index in [0.717, 1.165) is 25.8 Å². The molecule has 0 bridgehead atoms. The minimum absolute atomic E-state index is 0.117. The molecule has 0 spiro atoms. The number of carboxylic acids is 1. The predicted molar refractivity (Wildman–Crippen MR) is 98.9 cm³/mol. The summed E-state index contributed by atoms with van der Waals surface area (Å²) in [6.45, 7) is 3.75. The minimum atomic E-state index is -0.783. The Morgan fingerprint density at radius 3 is 1.96 bits per heavy atom. The number of unbranched alkanes of at least 4 members (excludes halogenated alkanes) is 8. The number of nitrogens with zero attached hydrogens (tertiary/aromatic N) is 1. The van der Waals surface area contributed by atoms with Crippen molar-refractivity contribution in [2.24, 2.45) is 0 Å². The first kappa shape index (κ1) is 22.9. The molecule has 5 nitrogen and oxygen atoms in total. The predicted octanol–water partition coefficient (Wildman–Crippen LogP) is 3.57. The van der Waals surface area contributed by atoms with Crippen LogP contribution in [0.25, 0.3) is 0 Å². The van der Waals surface area contributed by atoms with E-state index in [9.17, 15) is 9.59 Å². The van der Waals surface area contributed by atoms with Crippen LogP contribution in [-0.2, 0) is 9.59 Å². The normalized spacial score (nSPS) is 11.5. The van der Waals surface area contributed by atoms with Gasteiger partial charge in [0.25, 0.3) is 0 Å². The van der Waals surface area contributed by atoms with Gasteiger partial charge in [0.2, 0.25) is 5.91 Å². The number of carboxylic acid groups (broad SMARTS) is 1. The number of rotatable bonds is 16. The van der Waals surface area contributed by atoms with Crippen molar-refractivity contribution >= 4 is 11.9 Å². The number of amides is 1. The van der Waals surface area contributed by atoms with Gasteiger partial charge in [-0.3, -0.25) is 4.79 Å². The van der Waals surface area contributed by atoms with Gasteiger partial charge in [0.1, 0.15) is 0 Å². The zero-order valence-electron chi connectivity index (χ0n) is 16.1.